The van der Waals surface area contributed by atoms with Crippen LogP contribution in [0.3, 0.4) is 0 Å². The molecule has 2 aliphatic heterocycles. The molecule has 0 saturated carbocycles. The van der Waals surface area contributed by atoms with Gasteiger partial charge in [-0.3, -0.25) is 0 Å². The van der Waals surface area contributed by atoms with Crippen LogP contribution in [0.1, 0.15) is 47.5 Å². The summed E-state index contributed by atoms with van der Waals surface area (Å²) in [6.45, 7) is 11.5. The highest BCUT2D eigenvalue weighted by Crippen LogP contribution is 2.28. The number of carbonyl (C=O) groups excluding carboxylic acids is 1. The molecule has 0 radical (unpaired) electrons. The van der Waals surface area contributed by atoms with Gasteiger partial charge in [-0.2, -0.15) is 0 Å². The normalized spacial score (nSPS) is 25.0. The monoisotopic (exact) mass is 297 g/mol. The van der Waals surface area contributed by atoms with Gasteiger partial charge >= 0.3 is 6.09 Å². The topological polar surface area (TPSA) is 48.0 Å². The fourth-order valence-corrected chi connectivity index (χ4v) is 2.54. The number of amides is 1. The van der Waals surface area contributed by atoms with Crippen LogP contribution in [-0.4, -0.2) is 42.1 Å². The predicted molar refractivity (Wildman–Crippen MR) is 79.7 cm³/mol. The van der Waals surface area contributed by atoms with E-state index in [1.807, 2.05) is 34.6 Å². The van der Waals surface area contributed by atoms with E-state index in [1.54, 1.807) is 4.90 Å². The number of piperidine rings is 1. The maximum atomic E-state index is 12.0. The van der Waals surface area contributed by atoms with Gasteiger partial charge in [0.25, 0.3) is 0 Å². The largest absolute Gasteiger partial charge is 0.465 e. The zero-order valence-electron chi connectivity index (χ0n) is 13.8. The lowest BCUT2D eigenvalue weighted by Crippen LogP contribution is -2.41. The van der Waals surface area contributed by atoms with Crippen LogP contribution in [0.5, 0.6) is 0 Å². The third kappa shape index (κ3) is 4.92. The number of carbonyl (C=O) groups is 1. The van der Waals surface area contributed by atoms with Crippen molar-refractivity contribution in [3.63, 3.8) is 0 Å². The van der Waals surface area contributed by atoms with Crippen molar-refractivity contribution in [3.05, 3.63) is 11.8 Å². The van der Waals surface area contributed by atoms with Crippen LogP contribution < -0.4 is 0 Å². The van der Waals surface area contributed by atoms with E-state index >= 15 is 0 Å². The number of nitrogens with zero attached hydrogens (tertiary/aromatic N) is 1. The predicted octanol–water partition coefficient (Wildman–Crippen LogP) is 3.30. The fraction of sp³-hybridized carbons (Fsp3) is 0.812. The summed E-state index contributed by atoms with van der Waals surface area (Å²) in [7, 11) is 0. The Bertz CT molecular complexity index is 414. The van der Waals surface area contributed by atoms with E-state index in [0.717, 1.165) is 31.7 Å². The molecule has 0 aromatic rings. The van der Waals surface area contributed by atoms with Gasteiger partial charge in [-0.15, -0.1) is 0 Å². The van der Waals surface area contributed by atoms with Gasteiger partial charge in [-0.05, 0) is 45.6 Å². The summed E-state index contributed by atoms with van der Waals surface area (Å²) in [6.07, 6.45) is 3.82. The molecule has 0 aliphatic carbocycles. The van der Waals surface area contributed by atoms with Crippen molar-refractivity contribution in [2.24, 2.45) is 5.92 Å². The molecular weight excluding hydrogens is 270 g/mol. The summed E-state index contributed by atoms with van der Waals surface area (Å²) >= 11 is 0. The van der Waals surface area contributed by atoms with Crippen molar-refractivity contribution in [2.75, 3.05) is 19.7 Å². The minimum absolute atomic E-state index is 0.213. The third-order valence-corrected chi connectivity index (χ3v) is 3.55. The lowest BCUT2D eigenvalue weighted by atomic mass is 9.96. The van der Waals surface area contributed by atoms with E-state index < -0.39 is 11.4 Å². The molecule has 2 saturated heterocycles. The first-order valence-electron chi connectivity index (χ1n) is 7.66. The van der Waals surface area contributed by atoms with Gasteiger partial charge in [-0.1, -0.05) is 0 Å². The Hall–Kier alpha value is -1.23. The Morgan fingerprint density at radius 2 is 1.95 bits per heavy atom. The minimum atomic E-state index is -0.511. The highest BCUT2D eigenvalue weighted by Gasteiger charge is 2.31. The molecule has 0 spiro atoms. The summed E-state index contributed by atoms with van der Waals surface area (Å²) < 4.78 is 16.7. The van der Waals surface area contributed by atoms with Gasteiger partial charge < -0.3 is 19.1 Å². The van der Waals surface area contributed by atoms with E-state index in [2.05, 4.69) is 6.08 Å². The Morgan fingerprint density at radius 1 is 1.33 bits per heavy atom. The summed E-state index contributed by atoms with van der Waals surface area (Å²) in [5, 5.41) is 0. The van der Waals surface area contributed by atoms with Crippen LogP contribution in [-0.2, 0) is 14.2 Å². The molecule has 0 atom stereocenters. The smallest absolute Gasteiger partial charge is 0.410 e. The Labute approximate surface area is 127 Å². The standard InChI is InChI=1S/C16H27NO4/c1-15(2,3)21-14(18)17-8-6-12(7-9-17)10-13-11-19-16(4,5)20-13/h10,12H,6-9,11H2,1-5H3/b13-10+. The first-order chi connectivity index (χ1) is 9.65. The van der Waals surface area contributed by atoms with Crippen molar-refractivity contribution in [2.45, 2.75) is 58.8 Å². The SMILES string of the molecule is CC(C)(C)OC(=O)N1CCC(/C=C2\COC(C)(C)O2)CC1. The first-order valence-corrected chi connectivity index (χ1v) is 7.66. The van der Waals surface area contributed by atoms with Crippen molar-refractivity contribution in [1.82, 2.24) is 4.90 Å². The van der Waals surface area contributed by atoms with E-state index in [4.69, 9.17) is 14.2 Å². The number of likely N-dealkylation sites (tertiary alicyclic amines) is 1. The number of allylic oxidation sites excluding steroid dienone is 1. The average Bonchev–Trinajstić information content (AvgIpc) is 2.67. The first kappa shape index (κ1) is 16.1. The van der Waals surface area contributed by atoms with Crippen LogP contribution in [0, 0.1) is 5.92 Å². The maximum absolute atomic E-state index is 12.0. The van der Waals surface area contributed by atoms with Crippen LogP contribution in [0.15, 0.2) is 11.8 Å². The Morgan fingerprint density at radius 3 is 2.43 bits per heavy atom. The second-order valence-corrected chi connectivity index (χ2v) is 7.23. The molecule has 0 aromatic carbocycles. The molecule has 21 heavy (non-hydrogen) atoms. The van der Waals surface area contributed by atoms with Crippen molar-refractivity contribution < 1.29 is 19.0 Å². The quantitative estimate of drug-likeness (QED) is 0.745. The molecule has 1 amide bonds. The molecule has 2 aliphatic rings. The summed E-state index contributed by atoms with van der Waals surface area (Å²) in [5.41, 5.74) is -0.434. The van der Waals surface area contributed by atoms with E-state index in [0.29, 0.717) is 12.5 Å². The maximum Gasteiger partial charge on any atom is 0.410 e. The molecule has 2 heterocycles. The summed E-state index contributed by atoms with van der Waals surface area (Å²) in [5.74, 6) is 0.843. The molecule has 0 bridgehead atoms. The van der Waals surface area contributed by atoms with E-state index in [1.165, 1.54) is 0 Å². The van der Waals surface area contributed by atoms with Crippen LogP contribution >= 0.6 is 0 Å². The molecule has 0 aromatic heterocycles. The van der Waals surface area contributed by atoms with Crippen LogP contribution in [0.4, 0.5) is 4.79 Å². The number of ether oxygens (including phenoxy) is 3. The van der Waals surface area contributed by atoms with Gasteiger partial charge in [0, 0.05) is 26.9 Å². The second kappa shape index (κ2) is 5.87. The van der Waals surface area contributed by atoms with Crippen LogP contribution in [0.25, 0.3) is 0 Å². The molecule has 5 nitrogen and oxygen atoms in total. The molecule has 2 fully saturated rings. The molecule has 120 valence electrons. The molecule has 5 heteroatoms. The van der Waals surface area contributed by atoms with E-state index in [9.17, 15) is 4.79 Å². The van der Waals surface area contributed by atoms with Crippen molar-refractivity contribution in [1.29, 1.82) is 0 Å². The lowest BCUT2D eigenvalue weighted by Gasteiger charge is -2.32. The summed E-state index contributed by atoms with van der Waals surface area (Å²) in [6, 6.07) is 0. The number of hydrogen-bond donors (Lipinski definition) is 0. The molecular formula is C16H27NO4. The van der Waals surface area contributed by atoms with Gasteiger partial charge in [0.05, 0.1) is 0 Å². The molecule has 0 N–H and O–H groups in total. The van der Waals surface area contributed by atoms with Gasteiger partial charge in [-0.25, -0.2) is 4.79 Å². The van der Waals surface area contributed by atoms with Gasteiger partial charge in [0.15, 0.2) is 0 Å². The zero-order valence-corrected chi connectivity index (χ0v) is 13.8. The number of hydrogen-bond acceptors (Lipinski definition) is 4. The zero-order chi connectivity index (χ0) is 15.7. The second-order valence-electron chi connectivity index (χ2n) is 7.23. The third-order valence-electron chi connectivity index (χ3n) is 3.55. The highest BCUT2D eigenvalue weighted by atomic mass is 16.7. The lowest BCUT2D eigenvalue weighted by molar-refractivity contribution is -0.116. The minimum Gasteiger partial charge on any atom is -0.465 e. The van der Waals surface area contributed by atoms with Crippen molar-refractivity contribution >= 4 is 6.09 Å². The summed E-state index contributed by atoms with van der Waals surface area (Å²) in [4.78, 5) is 13.8. The number of rotatable bonds is 1. The van der Waals surface area contributed by atoms with Gasteiger partial charge in [0.1, 0.15) is 18.0 Å². The Balaban J connectivity index is 1.81. The fourth-order valence-electron chi connectivity index (χ4n) is 2.54. The molecule has 0 unspecified atom stereocenters. The highest BCUT2D eigenvalue weighted by molar-refractivity contribution is 5.68. The van der Waals surface area contributed by atoms with Crippen molar-refractivity contribution in [3.8, 4) is 0 Å². The Kier molecular flexibility index (Phi) is 4.51. The van der Waals surface area contributed by atoms with Gasteiger partial charge in [0.2, 0.25) is 5.79 Å². The van der Waals surface area contributed by atoms with E-state index in [-0.39, 0.29) is 6.09 Å². The average molecular weight is 297 g/mol. The molecule has 2 rings (SSSR count). The van der Waals surface area contributed by atoms with Crippen LogP contribution in [0.2, 0.25) is 0 Å².